The van der Waals surface area contributed by atoms with Crippen molar-refractivity contribution < 1.29 is 38.2 Å². The molecule has 2 atom stereocenters. The van der Waals surface area contributed by atoms with Crippen LogP contribution in [0.25, 0.3) is 0 Å². The molecule has 0 saturated carbocycles. The van der Waals surface area contributed by atoms with Crippen LogP contribution in [0.4, 0.5) is 0 Å². The molecule has 2 unspecified atom stereocenters. The van der Waals surface area contributed by atoms with Gasteiger partial charge in [-0.05, 0) is 103 Å². The third-order valence-corrected chi connectivity index (χ3v) is 11.2. The molecule has 0 aromatic rings. The van der Waals surface area contributed by atoms with Crippen molar-refractivity contribution in [1.29, 1.82) is 0 Å². The van der Waals surface area contributed by atoms with Crippen molar-refractivity contribution in [1.82, 2.24) is 0 Å². The minimum absolute atomic E-state index is 0.0415. The number of hydrogen-bond donors (Lipinski definition) is 1. The van der Waals surface area contributed by atoms with Crippen molar-refractivity contribution in [3.8, 4) is 0 Å². The van der Waals surface area contributed by atoms with Crippen LogP contribution in [0.2, 0.25) is 0 Å². The van der Waals surface area contributed by atoms with Gasteiger partial charge in [-0.15, -0.1) is 0 Å². The van der Waals surface area contributed by atoms with E-state index in [0.717, 1.165) is 122 Å². The van der Waals surface area contributed by atoms with Crippen LogP contribution in [0.15, 0.2) is 109 Å². The number of carboxylic acid groups (broad SMARTS) is 1. The van der Waals surface area contributed by atoms with Crippen LogP contribution in [0.1, 0.15) is 194 Å². The van der Waals surface area contributed by atoms with E-state index in [2.05, 4.69) is 123 Å². The van der Waals surface area contributed by atoms with Gasteiger partial charge in [0.2, 0.25) is 0 Å². The maximum atomic E-state index is 12.8. The van der Waals surface area contributed by atoms with E-state index in [1.165, 1.54) is 38.5 Å². The predicted molar refractivity (Wildman–Crippen MR) is 284 cm³/mol. The number of quaternary nitrogens is 1. The third kappa shape index (κ3) is 46.9. The minimum Gasteiger partial charge on any atom is -0.477 e. The predicted octanol–water partition coefficient (Wildman–Crippen LogP) is 15.6. The highest BCUT2D eigenvalue weighted by molar-refractivity contribution is 5.72. The summed E-state index contributed by atoms with van der Waals surface area (Å²) in [6, 6.07) is -0.629. The number of rotatable bonds is 46. The van der Waals surface area contributed by atoms with Gasteiger partial charge < -0.3 is 23.8 Å². The van der Waals surface area contributed by atoms with Crippen molar-refractivity contribution in [3.63, 3.8) is 0 Å². The standard InChI is InChI=1S/C59H97NO7/c1-6-8-10-12-14-16-18-20-22-24-26-28-30-32-34-36-38-40-42-44-46-48-50-58(62)67-55(53-65-52-51-56(59(63)64)60(3,4)5)54-66-57(61)49-47-45-43-41-39-37-35-33-31-29-27-25-23-21-19-17-15-13-11-9-7-2/h8,10,14-17,20-23,26-29,32-35,55-56H,6-7,9,11-13,18-19,24-25,30-31,36-54H2,1-5H3/p+1/b10-8+,16-14+,17-15+,22-20+,23-21+,28-26+,29-27+,34-32+,35-33+. The molecule has 0 aromatic heterocycles. The van der Waals surface area contributed by atoms with E-state index in [9.17, 15) is 19.5 Å². The highest BCUT2D eigenvalue weighted by atomic mass is 16.6. The molecule has 0 spiro atoms. The van der Waals surface area contributed by atoms with Crippen molar-refractivity contribution >= 4 is 17.9 Å². The van der Waals surface area contributed by atoms with Gasteiger partial charge >= 0.3 is 17.9 Å². The first-order valence-corrected chi connectivity index (χ1v) is 26.4. The Morgan fingerprint density at radius 3 is 1.24 bits per heavy atom. The third-order valence-electron chi connectivity index (χ3n) is 11.2. The average Bonchev–Trinajstić information content (AvgIpc) is 3.29. The van der Waals surface area contributed by atoms with Crippen LogP contribution in [0, 0.1) is 0 Å². The topological polar surface area (TPSA) is 99.1 Å². The first-order chi connectivity index (χ1) is 32.6. The Morgan fingerprint density at radius 1 is 0.463 bits per heavy atom. The summed E-state index contributed by atoms with van der Waals surface area (Å²) >= 11 is 0. The lowest BCUT2D eigenvalue weighted by Crippen LogP contribution is -2.50. The molecule has 0 aliphatic heterocycles. The molecule has 0 bridgehead atoms. The molecule has 1 N–H and O–H groups in total. The number of esters is 2. The van der Waals surface area contributed by atoms with Crippen LogP contribution in [-0.2, 0) is 28.6 Å². The van der Waals surface area contributed by atoms with Gasteiger partial charge in [0.15, 0.2) is 12.1 Å². The Kier molecular flexibility index (Phi) is 45.5. The number of carbonyl (C=O) groups excluding carboxylic acids is 2. The number of carbonyl (C=O) groups is 3. The van der Waals surface area contributed by atoms with Crippen molar-refractivity contribution in [2.75, 3.05) is 41.0 Å². The number of likely N-dealkylation sites (N-methyl/N-ethyl adjacent to an activating group) is 1. The van der Waals surface area contributed by atoms with E-state index in [4.69, 9.17) is 14.2 Å². The summed E-state index contributed by atoms with van der Waals surface area (Å²) in [6.45, 7) is 4.55. The molecule has 0 aliphatic carbocycles. The Balaban J connectivity index is 4.34. The molecule has 0 saturated heterocycles. The zero-order valence-corrected chi connectivity index (χ0v) is 43.3. The summed E-state index contributed by atoms with van der Waals surface area (Å²) in [6.07, 6.45) is 67.0. The summed E-state index contributed by atoms with van der Waals surface area (Å²) in [7, 11) is 5.51. The number of nitrogens with zero attached hydrogens (tertiary/aromatic N) is 1. The second-order valence-corrected chi connectivity index (χ2v) is 18.4. The van der Waals surface area contributed by atoms with Gasteiger partial charge in [-0.1, -0.05) is 181 Å². The van der Waals surface area contributed by atoms with Crippen LogP contribution in [-0.4, -0.2) is 80.6 Å². The highest BCUT2D eigenvalue weighted by Crippen LogP contribution is 2.13. The van der Waals surface area contributed by atoms with Crippen LogP contribution < -0.4 is 0 Å². The van der Waals surface area contributed by atoms with Gasteiger partial charge in [-0.3, -0.25) is 9.59 Å². The fourth-order valence-electron chi connectivity index (χ4n) is 7.10. The van der Waals surface area contributed by atoms with E-state index in [-0.39, 0.29) is 36.2 Å². The molecule has 0 heterocycles. The number of ether oxygens (including phenoxy) is 3. The van der Waals surface area contributed by atoms with E-state index in [1.54, 1.807) is 0 Å². The van der Waals surface area contributed by atoms with E-state index < -0.39 is 18.1 Å². The fraction of sp³-hybridized carbons (Fsp3) is 0.644. The van der Waals surface area contributed by atoms with Gasteiger partial charge in [0.05, 0.1) is 34.4 Å². The average molecular weight is 933 g/mol. The SMILES string of the molecule is CC/C=C/C/C=C/C/C=C/C/C=C/C/C=C/CCCCCCCCC(=O)OC(COCCC(C(=O)O)[N+](C)(C)C)COC(=O)CCCCCCC/C=C/C/C=C/C/C=C/C/C=C/CCCCC. The number of carboxylic acids is 1. The molecule has 8 heteroatoms. The van der Waals surface area contributed by atoms with E-state index in [1.807, 2.05) is 21.1 Å². The van der Waals surface area contributed by atoms with Crippen LogP contribution >= 0.6 is 0 Å². The lowest BCUT2D eigenvalue weighted by Gasteiger charge is -2.31. The molecular formula is C59H98NO7+. The maximum Gasteiger partial charge on any atom is 0.362 e. The number of hydrogen-bond acceptors (Lipinski definition) is 6. The molecule has 0 aromatic carbocycles. The largest absolute Gasteiger partial charge is 0.477 e. The summed E-state index contributed by atoms with van der Waals surface area (Å²) in [5.74, 6) is -1.52. The van der Waals surface area contributed by atoms with Crippen molar-refractivity contribution in [2.24, 2.45) is 0 Å². The Bertz CT molecular complexity index is 1460. The Morgan fingerprint density at radius 2 is 0.836 bits per heavy atom. The number of unbranched alkanes of at least 4 members (excludes halogenated alkanes) is 14. The second-order valence-electron chi connectivity index (χ2n) is 18.4. The zero-order chi connectivity index (χ0) is 49.2. The van der Waals surface area contributed by atoms with Gasteiger partial charge in [0.25, 0.3) is 0 Å². The maximum absolute atomic E-state index is 12.8. The van der Waals surface area contributed by atoms with Gasteiger partial charge in [-0.25, -0.2) is 4.79 Å². The molecule has 0 rings (SSSR count). The summed E-state index contributed by atoms with van der Waals surface area (Å²) in [5.41, 5.74) is 0. The van der Waals surface area contributed by atoms with Crippen LogP contribution in [0.3, 0.4) is 0 Å². The summed E-state index contributed by atoms with van der Waals surface area (Å²) in [4.78, 5) is 37.2. The van der Waals surface area contributed by atoms with Gasteiger partial charge in [0.1, 0.15) is 6.61 Å². The minimum atomic E-state index is -0.884. The molecule has 380 valence electrons. The Hall–Kier alpha value is -4.01. The number of allylic oxidation sites excluding steroid dienone is 18. The molecule has 0 fully saturated rings. The van der Waals surface area contributed by atoms with Crippen molar-refractivity contribution in [2.45, 2.75) is 206 Å². The smallest absolute Gasteiger partial charge is 0.362 e. The fourth-order valence-corrected chi connectivity index (χ4v) is 7.10. The van der Waals surface area contributed by atoms with Gasteiger partial charge in [0, 0.05) is 19.3 Å². The molecule has 8 nitrogen and oxygen atoms in total. The Labute approximate surface area is 410 Å². The molecule has 0 amide bonds. The molecule has 0 aliphatic rings. The van der Waals surface area contributed by atoms with Crippen LogP contribution in [0.5, 0.6) is 0 Å². The van der Waals surface area contributed by atoms with Crippen molar-refractivity contribution in [3.05, 3.63) is 109 Å². The zero-order valence-electron chi connectivity index (χ0n) is 43.3. The molecular weight excluding hydrogens is 835 g/mol. The van der Waals surface area contributed by atoms with Gasteiger partial charge in [-0.2, -0.15) is 0 Å². The lowest BCUT2D eigenvalue weighted by atomic mass is 10.1. The number of aliphatic carboxylic acids is 1. The quantitative estimate of drug-likeness (QED) is 0.0281. The molecule has 0 radical (unpaired) electrons. The summed E-state index contributed by atoms with van der Waals surface area (Å²) < 4.78 is 17.3. The lowest BCUT2D eigenvalue weighted by molar-refractivity contribution is -0.887. The first kappa shape index (κ1) is 63.0. The normalized spacial score (nSPS) is 13.7. The highest BCUT2D eigenvalue weighted by Gasteiger charge is 2.31. The van der Waals surface area contributed by atoms with E-state index >= 15 is 0 Å². The molecule has 67 heavy (non-hydrogen) atoms. The van der Waals surface area contributed by atoms with E-state index in [0.29, 0.717) is 19.3 Å². The monoisotopic (exact) mass is 933 g/mol. The second kappa shape index (κ2) is 48.4. The first-order valence-electron chi connectivity index (χ1n) is 26.4. The summed E-state index contributed by atoms with van der Waals surface area (Å²) in [5, 5.41) is 9.66.